The Kier molecular flexibility index (Phi) is 3.30. The van der Waals surface area contributed by atoms with Gasteiger partial charge in [-0.2, -0.15) is 0 Å². The molecule has 0 aromatic rings. The molecule has 0 aromatic carbocycles. The van der Waals surface area contributed by atoms with Crippen molar-refractivity contribution in [2.24, 2.45) is 0 Å². The molecule has 3 atom stereocenters. The standard InChI is InChI=1S/C8H16O3/c1-2-11-6-3-4-7(9)8(10)5-6/h6-10H,2-5H2,1H3/t6?,7-,8+/m0/s1. The lowest BCUT2D eigenvalue weighted by molar-refractivity contribution is -0.0703. The molecule has 11 heavy (non-hydrogen) atoms. The molecule has 0 aromatic heterocycles. The van der Waals surface area contributed by atoms with Gasteiger partial charge in [0.1, 0.15) is 0 Å². The third kappa shape index (κ3) is 2.43. The van der Waals surface area contributed by atoms with Crippen LogP contribution in [0, 0.1) is 0 Å². The third-order valence-electron chi connectivity index (χ3n) is 2.14. The van der Waals surface area contributed by atoms with E-state index in [1.807, 2.05) is 6.92 Å². The van der Waals surface area contributed by atoms with Gasteiger partial charge >= 0.3 is 0 Å². The van der Waals surface area contributed by atoms with Crippen molar-refractivity contribution in [1.29, 1.82) is 0 Å². The second-order valence-electron chi connectivity index (χ2n) is 3.03. The number of ether oxygens (including phenoxy) is 1. The Morgan fingerprint density at radius 1 is 1.27 bits per heavy atom. The van der Waals surface area contributed by atoms with Crippen LogP contribution in [0.5, 0.6) is 0 Å². The van der Waals surface area contributed by atoms with E-state index >= 15 is 0 Å². The SMILES string of the molecule is CCOC1CC[C@H](O)[C@H](O)C1. The van der Waals surface area contributed by atoms with Gasteiger partial charge in [-0.25, -0.2) is 0 Å². The van der Waals surface area contributed by atoms with Gasteiger partial charge in [0.25, 0.3) is 0 Å². The van der Waals surface area contributed by atoms with E-state index in [-0.39, 0.29) is 6.10 Å². The van der Waals surface area contributed by atoms with Crippen LogP contribution in [0.1, 0.15) is 26.2 Å². The first-order chi connectivity index (χ1) is 5.24. The fourth-order valence-corrected chi connectivity index (χ4v) is 1.48. The van der Waals surface area contributed by atoms with Crippen LogP contribution in [-0.2, 0) is 4.74 Å². The molecule has 0 amide bonds. The van der Waals surface area contributed by atoms with E-state index in [0.29, 0.717) is 19.4 Å². The van der Waals surface area contributed by atoms with E-state index in [1.165, 1.54) is 0 Å². The van der Waals surface area contributed by atoms with Crippen molar-refractivity contribution < 1.29 is 14.9 Å². The van der Waals surface area contributed by atoms with E-state index in [9.17, 15) is 5.11 Å². The van der Waals surface area contributed by atoms with Gasteiger partial charge < -0.3 is 14.9 Å². The molecule has 0 radical (unpaired) electrons. The molecule has 3 heteroatoms. The Bertz CT molecular complexity index is 116. The van der Waals surface area contributed by atoms with E-state index < -0.39 is 12.2 Å². The van der Waals surface area contributed by atoms with Crippen LogP contribution >= 0.6 is 0 Å². The van der Waals surface area contributed by atoms with Crippen LogP contribution < -0.4 is 0 Å². The van der Waals surface area contributed by atoms with Gasteiger partial charge in [-0.3, -0.25) is 0 Å². The summed E-state index contributed by atoms with van der Waals surface area (Å²) in [5.74, 6) is 0. The van der Waals surface area contributed by atoms with Gasteiger partial charge in [0.15, 0.2) is 0 Å². The van der Waals surface area contributed by atoms with Gasteiger partial charge in [-0.15, -0.1) is 0 Å². The van der Waals surface area contributed by atoms with Crippen molar-refractivity contribution in [1.82, 2.24) is 0 Å². The minimum absolute atomic E-state index is 0.151. The molecule has 0 bridgehead atoms. The highest BCUT2D eigenvalue weighted by Gasteiger charge is 2.27. The lowest BCUT2D eigenvalue weighted by atomic mass is 9.92. The maximum atomic E-state index is 9.24. The fourth-order valence-electron chi connectivity index (χ4n) is 1.48. The highest BCUT2D eigenvalue weighted by atomic mass is 16.5. The predicted octanol–water partition coefficient (Wildman–Crippen LogP) is 0.297. The Morgan fingerprint density at radius 2 is 2.00 bits per heavy atom. The molecule has 2 N–H and O–H groups in total. The average Bonchev–Trinajstić information content (AvgIpc) is 1.98. The molecule has 1 saturated carbocycles. The summed E-state index contributed by atoms with van der Waals surface area (Å²) in [5.41, 5.74) is 0. The van der Waals surface area contributed by atoms with Crippen molar-refractivity contribution in [2.75, 3.05) is 6.61 Å². The largest absolute Gasteiger partial charge is 0.390 e. The summed E-state index contributed by atoms with van der Waals surface area (Å²) >= 11 is 0. The van der Waals surface area contributed by atoms with Gasteiger partial charge in [0.2, 0.25) is 0 Å². The molecule has 66 valence electrons. The minimum Gasteiger partial charge on any atom is -0.390 e. The minimum atomic E-state index is -0.583. The van der Waals surface area contributed by atoms with Crippen LogP contribution in [-0.4, -0.2) is 35.1 Å². The highest BCUT2D eigenvalue weighted by Crippen LogP contribution is 2.21. The number of rotatable bonds is 2. The van der Waals surface area contributed by atoms with Crippen LogP contribution in [0.25, 0.3) is 0 Å². The molecule has 3 nitrogen and oxygen atoms in total. The summed E-state index contributed by atoms with van der Waals surface area (Å²) in [6, 6.07) is 0. The molecule has 1 fully saturated rings. The second kappa shape index (κ2) is 4.04. The molecule has 0 saturated heterocycles. The zero-order chi connectivity index (χ0) is 8.27. The highest BCUT2D eigenvalue weighted by molar-refractivity contribution is 4.79. The van der Waals surface area contributed by atoms with E-state index in [1.54, 1.807) is 0 Å². The number of aliphatic hydroxyl groups is 2. The van der Waals surface area contributed by atoms with E-state index in [4.69, 9.17) is 9.84 Å². The molecule has 1 rings (SSSR count). The maximum Gasteiger partial charge on any atom is 0.0823 e. The summed E-state index contributed by atoms with van der Waals surface area (Å²) in [4.78, 5) is 0. The molecule has 1 unspecified atom stereocenters. The fraction of sp³-hybridized carbons (Fsp3) is 1.00. The third-order valence-corrected chi connectivity index (χ3v) is 2.14. The van der Waals surface area contributed by atoms with Crippen molar-refractivity contribution in [3.8, 4) is 0 Å². The second-order valence-corrected chi connectivity index (χ2v) is 3.03. The first kappa shape index (κ1) is 8.97. The first-order valence-corrected chi connectivity index (χ1v) is 4.21. The normalized spacial score (nSPS) is 39.0. The predicted molar refractivity (Wildman–Crippen MR) is 41.3 cm³/mol. The quantitative estimate of drug-likeness (QED) is 0.610. The Balaban J connectivity index is 2.28. The lowest BCUT2D eigenvalue weighted by Crippen LogP contribution is -2.36. The molecular weight excluding hydrogens is 144 g/mol. The topological polar surface area (TPSA) is 49.7 Å². The summed E-state index contributed by atoms with van der Waals surface area (Å²) < 4.78 is 5.33. The number of aliphatic hydroxyl groups excluding tert-OH is 2. The number of hydrogen-bond donors (Lipinski definition) is 2. The lowest BCUT2D eigenvalue weighted by Gasteiger charge is -2.29. The van der Waals surface area contributed by atoms with E-state index in [0.717, 1.165) is 6.42 Å². The Morgan fingerprint density at radius 3 is 2.55 bits per heavy atom. The zero-order valence-electron chi connectivity index (χ0n) is 6.86. The molecular formula is C8H16O3. The Labute approximate surface area is 67.0 Å². The van der Waals surface area contributed by atoms with Crippen LogP contribution in [0.15, 0.2) is 0 Å². The summed E-state index contributed by atoms with van der Waals surface area (Å²) in [7, 11) is 0. The van der Waals surface area contributed by atoms with Crippen molar-refractivity contribution >= 4 is 0 Å². The van der Waals surface area contributed by atoms with Crippen molar-refractivity contribution in [3.05, 3.63) is 0 Å². The summed E-state index contributed by atoms with van der Waals surface area (Å²) in [5, 5.41) is 18.4. The molecule has 0 heterocycles. The molecule has 0 spiro atoms. The summed E-state index contributed by atoms with van der Waals surface area (Å²) in [6.45, 7) is 2.63. The van der Waals surface area contributed by atoms with Gasteiger partial charge in [-0.05, 0) is 19.8 Å². The Hall–Kier alpha value is -0.120. The van der Waals surface area contributed by atoms with Crippen LogP contribution in [0.4, 0.5) is 0 Å². The molecule has 1 aliphatic rings. The van der Waals surface area contributed by atoms with Crippen molar-refractivity contribution in [3.63, 3.8) is 0 Å². The van der Waals surface area contributed by atoms with Crippen LogP contribution in [0.3, 0.4) is 0 Å². The van der Waals surface area contributed by atoms with Gasteiger partial charge in [-0.1, -0.05) is 0 Å². The monoisotopic (exact) mass is 160 g/mol. The van der Waals surface area contributed by atoms with Crippen LogP contribution in [0.2, 0.25) is 0 Å². The summed E-state index contributed by atoms with van der Waals surface area (Å²) in [6.07, 6.45) is 1.14. The van der Waals surface area contributed by atoms with E-state index in [2.05, 4.69) is 0 Å². The zero-order valence-corrected chi connectivity index (χ0v) is 6.86. The first-order valence-electron chi connectivity index (χ1n) is 4.21. The maximum absolute atomic E-state index is 9.24. The molecule has 0 aliphatic heterocycles. The van der Waals surface area contributed by atoms with Gasteiger partial charge in [0.05, 0.1) is 18.3 Å². The van der Waals surface area contributed by atoms with Crippen molar-refractivity contribution in [2.45, 2.75) is 44.5 Å². The molecule has 1 aliphatic carbocycles. The smallest absolute Gasteiger partial charge is 0.0823 e. The number of hydrogen-bond acceptors (Lipinski definition) is 3. The average molecular weight is 160 g/mol. The van der Waals surface area contributed by atoms with Gasteiger partial charge in [0, 0.05) is 13.0 Å².